The topological polar surface area (TPSA) is 60.8 Å². The Kier molecular flexibility index (Phi) is 12.3. The lowest BCUT2D eigenvalue weighted by molar-refractivity contribution is 0.321. The van der Waals surface area contributed by atoms with Crippen LogP contribution in [0.1, 0.15) is 20.8 Å². The van der Waals surface area contributed by atoms with Crippen molar-refractivity contribution in [2.75, 3.05) is 19.6 Å². The van der Waals surface area contributed by atoms with E-state index in [2.05, 4.69) is 25.7 Å². The van der Waals surface area contributed by atoms with E-state index in [1.54, 1.807) is 0 Å². The highest BCUT2D eigenvalue weighted by Crippen LogP contribution is 1.98. The van der Waals surface area contributed by atoms with E-state index >= 15 is 0 Å². The van der Waals surface area contributed by atoms with Crippen LogP contribution >= 0.6 is 8.25 Å². The highest BCUT2D eigenvalue weighted by atomic mass is 31.1. The quantitative estimate of drug-likeness (QED) is 0.638. The van der Waals surface area contributed by atoms with E-state index in [-0.39, 0.29) is 0 Å². The summed E-state index contributed by atoms with van der Waals surface area (Å²) in [5, 5.41) is 0. The first-order valence-electron chi connectivity index (χ1n) is 3.65. The Morgan fingerprint density at radius 3 is 1.27 bits per heavy atom. The standard InChI is InChI=1S/C6H15N.HO3P/c1-4-7(5-2)6-3;1-4(2)3/h4-6H2,1-3H3;(H-,1,2,3)/p+1. The van der Waals surface area contributed by atoms with E-state index in [4.69, 9.17) is 14.4 Å². The van der Waals surface area contributed by atoms with E-state index in [0.29, 0.717) is 0 Å². The number of hydrogen-bond donors (Lipinski definition) is 2. The summed E-state index contributed by atoms with van der Waals surface area (Å²) < 4.78 is 8.70. The van der Waals surface area contributed by atoms with Crippen molar-refractivity contribution in [1.82, 2.24) is 4.90 Å². The molecule has 0 bridgehead atoms. The van der Waals surface area contributed by atoms with E-state index in [0.717, 1.165) is 0 Å². The Bertz CT molecular complexity index is 86.3. The molecule has 0 aliphatic carbocycles. The van der Waals surface area contributed by atoms with Gasteiger partial charge in [-0.3, -0.25) is 0 Å². The number of hydrogen-bond acceptors (Lipinski definition) is 2. The Hall–Kier alpha value is -0.0200. The fourth-order valence-corrected chi connectivity index (χ4v) is 0.671. The minimum atomic E-state index is -2.87. The fraction of sp³-hybridized carbons (Fsp3) is 1.00. The van der Waals surface area contributed by atoms with Crippen LogP contribution in [0, 0.1) is 0 Å². The molecular weight excluding hydrogens is 165 g/mol. The van der Waals surface area contributed by atoms with Crippen LogP contribution in [0.25, 0.3) is 0 Å². The average molecular weight is 182 g/mol. The van der Waals surface area contributed by atoms with Crippen LogP contribution in [-0.4, -0.2) is 34.3 Å². The first-order valence-corrected chi connectivity index (χ1v) is 4.82. The first-order chi connectivity index (χ1) is 5.08. The van der Waals surface area contributed by atoms with Gasteiger partial charge in [-0.2, -0.15) is 0 Å². The molecule has 2 N–H and O–H groups in total. The maximum absolute atomic E-state index is 8.70. The zero-order valence-electron chi connectivity index (χ0n) is 7.32. The summed E-state index contributed by atoms with van der Waals surface area (Å²) in [6.07, 6.45) is 0. The third kappa shape index (κ3) is 17.8. The normalized spacial score (nSPS) is 8.91. The number of nitrogens with zero attached hydrogens (tertiary/aromatic N) is 1. The molecule has 0 atom stereocenters. The summed E-state index contributed by atoms with van der Waals surface area (Å²) in [6.45, 7) is 10.1. The molecule has 0 aromatic carbocycles. The third-order valence-electron chi connectivity index (χ3n) is 1.34. The smallest absolute Gasteiger partial charge is 0.304 e. The molecule has 0 aliphatic rings. The minimum Gasteiger partial charge on any atom is -0.304 e. The van der Waals surface area contributed by atoms with Crippen LogP contribution in [0.3, 0.4) is 0 Å². The van der Waals surface area contributed by atoms with Crippen LogP contribution < -0.4 is 0 Å². The van der Waals surface area contributed by atoms with Gasteiger partial charge in [0.15, 0.2) is 0 Å². The van der Waals surface area contributed by atoms with Gasteiger partial charge in [0.25, 0.3) is 0 Å². The molecule has 4 nitrogen and oxygen atoms in total. The van der Waals surface area contributed by atoms with E-state index < -0.39 is 8.25 Å². The summed E-state index contributed by atoms with van der Waals surface area (Å²) >= 11 is 0. The molecule has 11 heavy (non-hydrogen) atoms. The van der Waals surface area contributed by atoms with Crippen LogP contribution in [0.4, 0.5) is 0 Å². The molecule has 0 rings (SSSR count). The SMILES string of the molecule is CCN(CC)CC.O=[P+](O)O. The second-order valence-electron chi connectivity index (χ2n) is 1.87. The Labute approximate surface area is 68.8 Å². The van der Waals surface area contributed by atoms with Gasteiger partial charge in [0.2, 0.25) is 0 Å². The van der Waals surface area contributed by atoms with Gasteiger partial charge in [0, 0.05) is 4.57 Å². The molecule has 0 aromatic rings. The molecule has 0 saturated heterocycles. The van der Waals surface area contributed by atoms with Crippen molar-refractivity contribution in [3.05, 3.63) is 0 Å². The van der Waals surface area contributed by atoms with Crippen LogP contribution in [-0.2, 0) is 4.57 Å². The van der Waals surface area contributed by atoms with Crippen LogP contribution in [0.15, 0.2) is 0 Å². The van der Waals surface area contributed by atoms with Crippen LogP contribution in [0.5, 0.6) is 0 Å². The van der Waals surface area contributed by atoms with Gasteiger partial charge in [-0.15, -0.1) is 9.79 Å². The van der Waals surface area contributed by atoms with Gasteiger partial charge < -0.3 is 4.90 Å². The number of rotatable bonds is 3. The molecule has 0 aromatic heterocycles. The van der Waals surface area contributed by atoms with Crippen molar-refractivity contribution in [2.45, 2.75) is 20.8 Å². The summed E-state index contributed by atoms with van der Waals surface area (Å²) in [5.74, 6) is 0. The summed E-state index contributed by atoms with van der Waals surface area (Å²) in [4.78, 5) is 16.6. The van der Waals surface area contributed by atoms with Gasteiger partial charge in [-0.1, -0.05) is 20.8 Å². The third-order valence-corrected chi connectivity index (χ3v) is 1.34. The molecule has 0 unspecified atom stereocenters. The largest absolute Gasteiger partial charge is 0.692 e. The van der Waals surface area contributed by atoms with Gasteiger partial charge in [0.1, 0.15) is 0 Å². The lowest BCUT2D eigenvalue weighted by Gasteiger charge is -2.13. The molecule has 0 radical (unpaired) electrons. The summed E-state index contributed by atoms with van der Waals surface area (Å²) in [6, 6.07) is 0. The van der Waals surface area contributed by atoms with Gasteiger partial charge in [-0.25, -0.2) is 0 Å². The molecule has 68 valence electrons. The van der Waals surface area contributed by atoms with Gasteiger partial charge in [0.05, 0.1) is 0 Å². The molecule has 0 heterocycles. The van der Waals surface area contributed by atoms with Crippen molar-refractivity contribution < 1.29 is 14.4 Å². The molecule has 5 heteroatoms. The summed E-state index contributed by atoms with van der Waals surface area (Å²) in [5.41, 5.74) is 0. The molecule has 0 spiro atoms. The highest BCUT2D eigenvalue weighted by molar-refractivity contribution is 7.30. The second kappa shape index (κ2) is 9.98. The maximum atomic E-state index is 8.70. The molecular formula is C6H17NO3P+. The predicted molar refractivity (Wildman–Crippen MR) is 45.5 cm³/mol. The van der Waals surface area contributed by atoms with Gasteiger partial charge >= 0.3 is 8.25 Å². The zero-order chi connectivity index (χ0) is 9.28. The lowest BCUT2D eigenvalue weighted by Crippen LogP contribution is -2.21. The van der Waals surface area contributed by atoms with Crippen molar-refractivity contribution >= 4 is 8.25 Å². The van der Waals surface area contributed by atoms with E-state index in [1.165, 1.54) is 19.6 Å². The monoisotopic (exact) mass is 182 g/mol. The maximum Gasteiger partial charge on any atom is 0.692 e. The molecule has 0 saturated carbocycles. The van der Waals surface area contributed by atoms with Crippen LogP contribution in [0.2, 0.25) is 0 Å². The van der Waals surface area contributed by atoms with E-state index in [1.807, 2.05) is 0 Å². The van der Waals surface area contributed by atoms with Crippen molar-refractivity contribution in [3.8, 4) is 0 Å². The van der Waals surface area contributed by atoms with Crippen molar-refractivity contribution in [3.63, 3.8) is 0 Å². The van der Waals surface area contributed by atoms with Crippen molar-refractivity contribution in [2.24, 2.45) is 0 Å². The second-order valence-corrected chi connectivity index (χ2v) is 2.38. The minimum absolute atomic E-state index is 1.19. The van der Waals surface area contributed by atoms with Gasteiger partial charge in [-0.05, 0) is 19.6 Å². The highest BCUT2D eigenvalue weighted by Gasteiger charge is 1.93. The molecule has 0 amide bonds. The molecule has 0 aliphatic heterocycles. The zero-order valence-corrected chi connectivity index (χ0v) is 8.21. The molecule has 0 fully saturated rings. The predicted octanol–water partition coefficient (Wildman–Crippen LogP) is 0.976. The first kappa shape index (κ1) is 13.6. The Morgan fingerprint density at radius 1 is 1.09 bits per heavy atom. The lowest BCUT2D eigenvalue weighted by atomic mass is 10.5. The Morgan fingerprint density at radius 2 is 1.27 bits per heavy atom. The van der Waals surface area contributed by atoms with Crippen molar-refractivity contribution in [1.29, 1.82) is 0 Å². The fourth-order valence-electron chi connectivity index (χ4n) is 0.671. The average Bonchev–Trinajstić information content (AvgIpc) is 1.90. The Balaban J connectivity index is 0. The van der Waals surface area contributed by atoms with E-state index in [9.17, 15) is 0 Å². The summed E-state index contributed by atoms with van der Waals surface area (Å²) in [7, 11) is -2.87.